The number of ketones is 1. The standard InChI is InChI=1S/C11H16O9/c1-4(13)10(17)20-11-8(16)9(18-5(2)14)7(15)6(3-12)19-11/h6-9,11-12,15-16H,3H2,1-2H3/t6-,7-,8-,9+,11?/m1/s1. The summed E-state index contributed by atoms with van der Waals surface area (Å²) >= 11 is 0. The summed E-state index contributed by atoms with van der Waals surface area (Å²) in [5.74, 6) is -2.97. The summed E-state index contributed by atoms with van der Waals surface area (Å²) in [5, 5.41) is 28.7. The second-order valence-electron chi connectivity index (χ2n) is 4.24. The number of esters is 2. The second kappa shape index (κ2) is 6.75. The van der Waals surface area contributed by atoms with Crippen molar-refractivity contribution in [1.82, 2.24) is 0 Å². The highest BCUT2D eigenvalue weighted by atomic mass is 16.7. The second-order valence-corrected chi connectivity index (χ2v) is 4.24. The fraction of sp³-hybridized carbons (Fsp3) is 0.727. The average Bonchev–Trinajstić information content (AvgIpc) is 2.37. The fourth-order valence-corrected chi connectivity index (χ4v) is 1.67. The van der Waals surface area contributed by atoms with E-state index in [4.69, 9.17) is 14.6 Å². The van der Waals surface area contributed by atoms with Gasteiger partial charge in [0.1, 0.15) is 12.2 Å². The van der Waals surface area contributed by atoms with E-state index in [0.29, 0.717) is 0 Å². The van der Waals surface area contributed by atoms with Gasteiger partial charge in [-0.1, -0.05) is 0 Å². The van der Waals surface area contributed by atoms with Crippen molar-refractivity contribution >= 4 is 17.7 Å². The van der Waals surface area contributed by atoms with E-state index < -0.39 is 55.0 Å². The van der Waals surface area contributed by atoms with Crippen LogP contribution < -0.4 is 0 Å². The van der Waals surface area contributed by atoms with E-state index >= 15 is 0 Å². The Morgan fingerprint density at radius 2 is 1.70 bits per heavy atom. The summed E-state index contributed by atoms with van der Waals surface area (Å²) in [4.78, 5) is 32.9. The van der Waals surface area contributed by atoms with Gasteiger partial charge in [0.25, 0.3) is 0 Å². The lowest BCUT2D eigenvalue weighted by Crippen LogP contribution is -2.60. The van der Waals surface area contributed by atoms with E-state index in [-0.39, 0.29) is 0 Å². The van der Waals surface area contributed by atoms with Crippen LogP contribution in [-0.2, 0) is 28.6 Å². The van der Waals surface area contributed by atoms with Crippen LogP contribution in [-0.4, -0.2) is 70.4 Å². The Morgan fingerprint density at radius 3 is 2.15 bits per heavy atom. The van der Waals surface area contributed by atoms with E-state index in [0.717, 1.165) is 13.8 Å². The fourth-order valence-electron chi connectivity index (χ4n) is 1.67. The molecule has 1 fully saturated rings. The molecule has 0 spiro atoms. The van der Waals surface area contributed by atoms with E-state index in [1.54, 1.807) is 0 Å². The van der Waals surface area contributed by atoms with Crippen LogP contribution in [0, 0.1) is 0 Å². The number of aliphatic hydroxyl groups is 3. The Kier molecular flexibility index (Phi) is 5.57. The van der Waals surface area contributed by atoms with Gasteiger partial charge in [0, 0.05) is 13.8 Å². The van der Waals surface area contributed by atoms with E-state index in [1.165, 1.54) is 0 Å². The van der Waals surface area contributed by atoms with Crippen LogP contribution in [0.2, 0.25) is 0 Å². The first-order valence-electron chi connectivity index (χ1n) is 5.79. The molecule has 20 heavy (non-hydrogen) atoms. The summed E-state index contributed by atoms with van der Waals surface area (Å²) in [7, 11) is 0. The lowest BCUT2D eigenvalue weighted by Gasteiger charge is -2.40. The molecule has 0 aromatic carbocycles. The number of Topliss-reactive ketones (excluding diaryl/α,β-unsaturated/α-hetero) is 1. The SMILES string of the molecule is CC(=O)O[C@H]1[C@H](O)[C@@H](CO)OC(OC(=O)C(C)=O)[C@@H]1O. The van der Waals surface area contributed by atoms with Gasteiger partial charge in [0.2, 0.25) is 12.1 Å². The minimum absolute atomic E-state index is 0.667. The molecule has 9 nitrogen and oxygen atoms in total. The van der Waals surface area contributed by atoms with Crippen LogP contribution in [0.25, 0.3) is 0 Å². The molecule has 0 amide bonds. The van der Waals surface area contributed by atoms with Gasteiger partial charge < -0.3 is 29.5 Å². The Balaban J connectivity index is 2.87. The molecular weight excluding hydrogens is 276 g/mol. The highest BCUT2D eigenvalue weighted by Gasteiger charge is 2.48. The molecule has 1 aliphatic rings. The van der Waals surface area contributed by atoms with Gasteiger partial charge in [0.05, 0.1) is 6.61 Å². The van der Waals surface area contributed by atoms with Crippen LogP contribution in [0.4, 0.5) is 0 Å². The molecule has 0 aromatic rings. The molecule has 1 saturated heterocycles. The van der Waals surface area contributed by atoms with Crippen molar-refractivity contribution in [3.05, 3.63) is 0 Å². The highest BCUT2D eigenvalue weighted by Crippen LogP contribution is 2.24. The smallest absolute Gasteiger partial charge is 0.376 e. The van der Waals surface area contributed by atoms with Crippen molar-refractivity contribution < 1.29 is 43.9 Å². The number of hydrogen-bond donors (Lipinski definition) is 3. The summed E-state index contributed by atoms with van der Waals surface area (Å²) in [6, 6.07) is 0. The van der Waals surface area contributed by atoms with E-state index in [2.05, 4.69) is 4.74 Å². The number of hydrogen-bond acceptors (Lipinski definition) is 9. The maximum absolute atomic E-state index is 11.2. The van der Waals surface area contributed by atoms with Crippen molar-refractivity contribution in [3.8, 4) is 0 Å². The Morgan fingerprint density at radius 1 is 1.10 bits per heavy atom. The summed E-state index contributed by atoms with van der Waals surface area (Å²) < 4.78 is 14.3. The van der Waals surface area contributed by atoms with Gasteiger partial charge in [0.15, 0.2) is 12.2 Å². The number of carbonyl (C=O) groups is 3. The lowest BCUT2D eigenvalue weighted by atomic mass is 9.99. The van der Waals surface area contributed by atoms with Crippen molar-refractivity contribution in [2.24, 2.45) is 0 Å². The first kappa shape index (κ1) is 16.5. The molecule has 0 bridgehead atoms. The predicted molar refractivity (Wildman–Crippen MR) is 60.1 cm³/mol. The third-order valence-corrected chi connectivity index (χ3v) is 2.63. The van der Waals surface area contributed by atoms with Crippen molar-refractivity contribution in [2.75, 3.05) is 6.61 Å². The molecule has 3 N–H and O–H groups in total. The molecule has 1 heterocycles. The van der Waals surface area contributed by atoms with Crippen molar-refractivity contribution in [2.45, 2.75) is 44.6 Å². The zero-order valence-electron chi connectivity index (χ0n) is 10.9. The van der Waals surface area contributed by atoms with E-state index in [1.807, 2.05) is 0 Å². The average molecular weight is 292 g/mol. The first-order chi connectivity index (χ1) is 9.27. The maximum atomic E-state index is 11.2. The minimum Gasteiger partial charge on any atom is -0.457 e. The molecule has 5 atom stereocenters. The molecule has 114 valence electrons. The van der Waals surface area contributed by atoms with Gasteiger partial charge in [-0.2, -0.15) is 0 Å². The van der Waals surface area contributed by atoms with E-state index in [9.17, 15) is 24.6 Å². The maximum Gasteiger partial charge on any atom is 0.376 e. The number of rotatable bonds is 4. The third kappa shape index (κ3) is 3.73. The minimum atomic E-state index is -1.69. The molecule has 9 heteroatoms. The summed E-state index contributed by atoms with van der Waals surface area (Å²) in [6.07, 6.45) is -7.54. The predicted octanol–water partition coefficient (Wildman–Crippen LogP) is -2.51. The molecular formula is C11H16O9. The van der Waals surface area contributed by atoms with Gasteiger partial charge in [-0.15, -0.1) is 0 Å². The molecule has 0 radical (unpaired) electrons. The molecule has 0 aromatic heterocycles. The molecule has 0 saturated carbocycles. The summed E-state index contributed by atoms with van der Waals surface area (Å²) in [6.45, 7) is 1.35. The van der Waals surface area contributed by atoms with Crippen LogP contribution in [0.3, 0.4) is 0 Å². The van der Waals surface area contributed by atoms with Gasteiger partial charge in [-0.3, -0.25) is 9.59 Å². The zero-order valence-corrected chi connectivity index (χ0v) is 10.9. The normalized spacial score (nSPS) is 33.4. The summed E-state index contributed by atoms with van der Waals surface area (Å²) in [5.41, 5.74) is 0. The van der Waals surface area contributed by atoms with Crippen molar-refractivity contribution in [3.63, 3.8) is 0 Å². The molecule has 1 rings (SSSR count). The van der Waals surface area contributed by atoms with Gasteiger partial charge in [-0.25, -0.2) is 4.79 Å². The van der Waals surface area contributed by atoms with Crippen LogP contribution in [0.5, 0.6) is 0 Å². The molecule has 1 unspecified atom stereocenters. The Labute approximate surface area is 114 Å². The zero-order chi connectivity index (χ0) is 15.4. The van der Waals surface area contributed by atoms with Crippen LogP contribution >= 0.6 is 0 Å². The van der Waals surface area contributed by atoms with Gasteiger partial charge in [-0.05, 0) is 0 Å². The number of ether oxygens (including phenoxy) is 3. The Hall–Kier alpha value is -1.55. The number of carbonyl (C=O) groups excluding carboxylic acids is 3. The Bertz CT molecular complexity index is 393. The van der Waals surface area contributed by atoms with Crippen LogP contribution in [0.1, 0.15) is 13.8 Å². The molecule has 0 aliphatic carbocycles. The first-order valence-corrected chi connectivity index (χ1v) is 5.79. The third-order valence-electron chi connectivity index (χ3n) is 2.63. The topological polar surface area (TPSA) is 140 Å². The largest absolute Gasteiger partial charge is 0.457 e. The lowest BCUT2D eigenvalue weighted by molar-refractivity contribution is -0.294. The van der Waals surface area contributed by atoms with Crippen molar-refractivity contribution in [1.29, 1.82) is 0 Å². The monoisotopic (exact) mass is 292 g/mol. The number of aliphatic hydroxyl groups excluding tert-OH is 3. The molecule has 1 aliphatic heterocycles. The quantitative estimate of drug-likeness (QED) is 0.378. The van der Waals surface area contributed by atoms with Crippen LogP contribution in [0.15, 0.2) is 0 Å². The van der Waals surface area contributed by atoms with Gasteiger partial charge >= 0.3 is 11.9 Å². The highest BCUT2D eigenvalue weighted by molar-refractivity contribution is 6.32.